The number of methoxy groups -OCH3 is 1. The molecular formula is C17H25ClN4O4. The molecule has 0 unspecified atom stereocenters. The van der Waals surface area contributed by atoms with E-state index in [1.807, 2.05) is 0 Å². The van der Waals surface area contributed by atoms with E-state index in [9.17, 15) is 14.4 Å². The van der Waals surface area contributed by atoms with E-state index < -0.39 is 17.5 Å². The van der Waals surface area contributed by atoms with Crippen LogP contribution < -0.4 is 20.7 Å². The van der Waals surface area contributed by atoms with Crippen molar-refractivity contribution < 1.29 is 19.1 Å². The van der Waals surface area contributed by atoms with E-state index in [1.54, 1.807) is 46.0 Å². The van der Waals surface area contributed by atoms with Crippen molar-refractivity contribution in [3.8, 4) is 5.75 Å². The number of ether oxygens (including phenoxy) is 1. The van der Waals surface area contributed by atoms with Gasteiger partial charge in [-0.25, -0.2) is 4.79 Å². The lowest BCUT2D eigenvalue weighted by Crippen LogP contribution is -2.50. The van der Waals surface area contributed by atoms with Gasteiger partial charge in [0, 0.05) is 10.6 Å². The SMILES string of the molecule is COc1ccc(Cl)cc1NC(=O)CN(C)CC(=O)NC(=O)NC(C)(C)C. The number of urea groups is 1. The highest BCUT2D eigenvalue weighted by Crippen LogP contribution is 2.27. The Morgan fingerprint density at radius 2 is 1.77 bits per heavy atom. The van der Waals surface area contributed by atoms with Crippen LogP contribution in [0.25, 0.3) is 0 Å². The molecule has 0 bridgehead atoms. The van der Waals surface area contributed by atoms with Crippen molar-refractivity contribution >= 4 is 35.1 Å². The highest BCUT2D eigenvalue weighted by Gasteiger charge is 2.17. The van der Waals surface area contributed by atoms with E-state index in [2.05, 4.69) is 16.0 Å². The number of hydrogen-bond acceptors (Lipinski definition) is 5. The molecule has 0 spiro atoms. The summed E-state index contributed by atoms with van der Waals surface area (Å²) in [5, 5.41) is 7.97. The molecular weight excluding hydrogens is 360 g/mol. The third kappa shape index (κ3) is 8.17. The summed E-state index contributed by atoms with van der Waals surface area (Å²) >= 11 is 5.92. The maximum atomic E-state index is 12.1. The minimum absolute atomic E-state index is 0.0516. The van der Waals surface area contributed by atoms with Crippen LogP contribution in [0.15, 0.2) is 18.2 Å². The molecule has 3 N–H and O–H groups in total. The van der Waals surface area contributed by atoms with Crippen LogP contribution in [0.4, 0.5) is 10.5 Å². The Kier molecular flexibility index (Phi) is 7.85. The van der Waals surface area contributed by atoms with Crippen LogP contribution in [0.5, 0.6) is 5.75 Å². The van der Waals surface area contributed by atoms with Gasteiger partial charge in [-0.15, -0.1) is 0 Å². The van der Waals surface area contributed by atoms with E-state index in [1.165, 1.54) is 12.0 Å². The van der Waals surface area contributed by atoms with E-state index in [0.29, 0.717) is 16.5 Å². The second-order valence-electron chi connectivity index (χ2n) is 6.82. The molecule has 0 heterocycles. The zero-order chi connectivity index (χ0) is 19.9. The summed E-state index contributed by atoms with van der Waals surface area (Å²) in [7, 11) is 3.08. The van der Waals surface area contributed by atoms with Crippen molar-refractivity contribution in [3.05, 3.63) is 23.2 Å². The van der Waals surface area contributed by atoms with Gasteiger partial charge in [0.25, 0.3) is 0 Å². The molecule has 0 saturated heterocycles. The first kappa shape index (κ1) is 21.7. The lowest BCUT2D eigenvalue weighted by molar-refractivity contribution is -0.122. The molecule has 4 amide bonds. The van der Waals surface area contributed by atoms with Crippen molar-refractivity contribution in [2.45, 2.75) is 26.3 Å². The Bertz CT molecular complexity index is 673. The maximum absolute atomic E-state index is 12.1. The molecule has 26 heavy (non-hydrogen) atoms. The summed E-state index contributed by atoms with van der Waals surface area (Å²) in [6.45, 7) is 5.24. The van der Waals surface area contributed by atoms with Gasteiger partial charge in [-0.1, -0.05) is 11.6 Å². The summed E-state index contributed by atoms with van der Waals surface area (Å²) in [5.74, 6) is -0.385. The quantitative estimate of drug-likeness (QED) is 0.695. The molecule has 9 heteroatoms. The molecule has 0 saturated carbocycles. The standard InChI is InChI=1S/C17H25ClN4O4/c1-17(2,3)21-16(25)20-15(24)10-22(4)9-14(23)19-12-8-11(18)6-7-13(12)26-5/h6-8H,9-10H2,1-5H3,(H,19,23)(H2,20,21,24,25). The van der Waals surface area contributed by atoms with Crippen LogP contribution in [0, 0.1) is 0 Å². The monoisotopic (exact) mass is 384 g/mol. The molecule has 1 rings (SSSR count). The fourth-order valence-electron chi connectivity index (χ4n) is 2.05. The summed E-state index contributed by atoms with van der Waals surface area (Å²) in [4.78, 5) is 37.1. The van der Waals surface area contributed by atoms with Crippen molar-refractivity contribution in [1.82, 2.24) is 15.5 Å². The van der Waals surface area contributed by atoms with E-state index in [4.69, 9.17) is 16.3 Å². The highest BCUT2D eigenvalue weighted by molar-refractivity contribution is 6.31. The fourth-order valence-corrected chi connectivity index (χ4v) is 2.22. The van der Waals surface area contributed by atoms with Gasteiger partial charge in [0.15, 0.2) is 0 Å². The van der Waals surface area contributed by atoms with Crippen LogP contribution >= 0.6 is 11.6 Å². The van der Waals surface area contributed by atoms with E-state index in [-0.39, 0.29) is 19.0 Å². The maximum Gasteiger partial charge on any atom is 0.321 e. The number of rotatable bonds is 6. The molecule has 0 radical (unpaired) electrons. The lowest BCUT2D eigenvalue weighted by Gasteiger charge is -2.21. The molecule has 8 nitrogen and oxygen atoms in total. The second kappa shape index (κ2) is 9.40. The number of carbonyl (C=O) groups is 3. The number of imide groups is 1. The number of nitrogens with one attached hydrogen (secondary N) is 3. The molecule has 0 aromatic heterocycles. The molecule has 1 aromatic rings. The van der Waals surface area contributed by atoms with Gasteiger partial charge in [0.1, 0.15) is 5.75 Å². The molecule has 0 aliphatic rings. The number of likely N-dealkylation sites (N-methyl/N-ethyl adjacent to an activating group) is 1. The number of hydrogen-bond donors (Lipinski definition) is 3. The topological polar surface area (TPSA) is 99.8 Å². The van der Waals surface area contributed by atoms with Crippen LogP contribution in [0.3, 0.4) is 0 Å². The molecule has 0 aliphatic carbocycles. The van der Waals surface area contributed by atoms with Gasteiger partial charge in [0.2, 0.25) is 11.8 Å². The fraction of sp³-hybridized carbons (Fsp3) is 0.471. The third-order valence-corrected chi connectivity index (χ3v) is 3.24. The number of benzene rings is 1. The summed E-state index contributed by atoms with van der Waals surface area (Å²) in [6, 6.07) is 4.28. The highest BCUT2D eigenvalue weighted by atomic mass is 35.5. The molecule has 0 atom stereocenters. The number of anilines is 1. The predicted octanol–water partition coefficient (Wildman–Crippen LogP) is 1.84. The third-order valence-electron chi connectivity index (χ3n) is 3.00. The first-order valence-electron chi connectivity index (χ1n) is 7.94. The Hall–Kier alpha value is -2.32. The Balaban J connectivity index is 2.51. The van der Waals surface area contributed by atoms with E-state index >= 15 is 0 Å². The molecule has 1 aromatic carbocycles. The number of amides is 4. The number of halogens is 1. The summed E-state index contributed by atoms with van der Waals surface area (Å²) in [5.41, 5.74) is -0.0148. The minimum Gasteiger partial charge on any atom is -0.495 e. The van der Waals surface area contributed by atoms with Crippen LogP contribution in [-0.2, 0) is 9.59 Å². The average Bonchev–Trinajstić information content (AvgIpc) is 2.44. The first-order chi connectivity index (χ1) is 12.0. The van der Waals surface area contributed by atoms with Gasteiger partial charge in [-0.05, 0) is 46.0 Å². The summed E-state index contributed by atoms with van der Waals surface area (Å²) in [6.07, 6.45) is 0. The van der Waals surface area contributed by atoms with Gasteiger partial charge < -0.3 is 15.4 Å². The van der Waals surface area contributed by atoms with Gasteiger partial charge in [-0.2, -0.15) is 0 Å². The van der Waals surface area contributed by atoms with Crippen LogP contribution in [0.1, 0.15) is 20.8 Å². The minimum atomic E-state index is -0.580. The van der Waals surface area contributed by atoms with Crippen LogP contribution in [-0.4, -0.2) is 55.5 Å². The Labute approximate surface area is 158 Å². The zero-order valence-corrected chi connectivity index (χ0v) is 16.4. The van der Waals surface area contributed by atoms with Crippen molar-refractivity contribution in [3.63, 3.8) is 0 Å². The smallest absolute Gasteiger partial charge is 0.321 e. The van der Waals surface area contributed by atoms with Gasteiger partial charge in [-0.3, -0.25) is 19.8 Å². The van der Waals surface area contributed by atoms with Gasteiger partial charge in [0.05, 0.1) is 25.9 Å². The van der Waals surface area contributed by atoms with Crippen molar-refractivity contribution in [2.24, 2.45) is 0 Å². The zero-order valence-electron chi connectivity index (χ0n) is 15.6. The largest absolute Gasteiger partial charge is 0.495 e. The van der Waals surface area contributed by atoms with Crippen LogP contribution in [0.2, 0.25) is 5.02 Å². The average molecular weight is 385 g/mol. The van der Waals surface area contributed by atoms with Gasteiger partial charge >= 0.3 is 6.03 Å². The lowest BCUT2D eigenvalue weighted by atomic mass is 10.1. The normalized spacial score (nSPS) is 11.0. The van der Waals surface area contributed by atoms with Crippen molar-refractivity contribution in [2.75, 3.05) is 32.6 Å². The molecule has 144 valence electrons. The van der Waals surface area contributed by atoms with Crippen molar-refractivity contribution in [1.29, 1.82) is 0 Å². The van der Waals surface area contributed by atoms with E-state index in [0.717, 1.165) is 0 Å². The Morgan fingerprint density at radius 1 is 1.15 bits per heavy atom. The summed E-state index contributed by atoms with van der Waals surface area (Å²) < 4.78 is 5.16. The Morgan fingerprint density at radius 3 is 2.35 bits per heavy atom. The predicted molar refractivity (Wildman–Crippen MR) is 101 cm³/mol. The number of carbonyl (C=O) groups excluding carboxylic acids is 3. The second-order valence-corrected chi connectivity index (χ2v) is 7.25. The first-order valence-corrected chi connectivity index (χ1v) is 8.32. The molecule has 0 fully saturated rings. The number of nitrogens with zero attached hydrogens (tertiary/aromatic N) is 1. The molecule has 0 aliphatic heterocycles.